The van der Waals surface area contributed by atoms with Crippen LogP contribution in [0.3, 0.4) is 0 Å². The molecule has 9 nitrogen and oxygen atoms in total. The number of hydrogen-bond acceptors (Lipinski definition) is 7. The Labute approximate surface area is 234 Å². The van der Waals surface area contributed by atoms with Gasteiger partial charge < -0.3 is 0 Å². The van der Waals surface area contributed by atoms with E-state index in [9.17, 15) is 4.79 Å². The Hall–Kier alpha value is -3.99. The molecule has 2 aromatic heterocycles. The average Bonchev–Trinajstić information content (AvgIpc) is 2.93. The van der Waals surface area contributed by atoms with Crippen LogP contribution in [0.2, 0.25) is 0 Å². The highest BCUT2D eigenvalue weighted by Crippen LogP contribution is 2.22. The topological polar surface area (TPSA) is 151 Å². The first kappa shape index (κ1) is 29.0. The summed E-state index contributed by atoms with van der Waals surface area (Å²) in [5, 5.41) is 0. The molecule has 0 atom stereocenters. The lowest BCUT2D eigenvalue weighted by molar-refractivity contribution is -2.00. The number of nitrogens with one attached hydrogen (secondary N) is 1. The molecule has 0 aliphatic heterocycles. The molecule has 0 fully saturated rings. The molecule has 0 aliphatic carbocycles. The van der Waals surface area contributed by atoms with E-state index in [-0.39, 0.29) is 5.91 Å². The molecule has 0 aliphatic rings. The molecule has 10 heteroatoms. The number of para-hydroxylation sites is 3. The summed E-state index contributed by atoms with van der Waals surface area (Å²) in [4.78, 5) is 23.1. The fourth-order valence-corrected chi connectivity index (χ4v) is 4.52. The number of nitrogens with zero attached hydrogens (tertiary/aromatic N) is 3. The van der Waals surface area contributed by atoms with E-state index in [4.69, 9.17) is 28.6 Å². The monoisotopic (exact) mass is 560 g/mol. The smallest absolute Gasteiger partial charge is 0.263 e. The molecule has 3 aromatic carbocycles. The highest BCUT2D eigenvalue weighted by molar-refractivity contribution is 6.08. The summed E-state index contributed by atoms with van der Waals surface area (Å²) >= 11 is 0. The van der Waals surface area contributed by atoms with Crippen molar-refractivity contribution in [1.29, 1.82) is 0 Å². The summed E-state index contributed by atoms with van der Waals surface area (Å²) < 4.78 is 36.0. The van der Waals surface area contributed by atoms with E-state index in [1.54, 1.807) is 0 Å². The number of benzene rings is 3. The molecular weight excluding hydrogens is 532 g/mol. The molecule has 5 rings (SSSR count). The number of pyridine rings is 1. The Kier molecular flexibility index (Phi) is 9.36. The van der Waals surface area contributed by atoms with Crippen LogP contribution in [-0.2, 0) is 12.8 Å². The minimum absolute atomic E-state index is 0.188. The van der Waals surface area contributed by atoms with Crippen molar-refractivity contribution in [2.24, 2.45) is 0 Å². The Bertz CT molecular complexity index is 1590. The lowest BCUT2D eigenvalue weighted by atomic mass is 10.0. The van der Waals surface area contributed by atoms with Gasteiger partial charge in [0.05, 0.1) is 22.1 Å². The maximum Gasteiger partial charge on any atom is 0.307 e. The van der Waals surface area contributed by atoms with Crippen molar-refractivity contribution in [3.05, 3.63) is 102 Å². The number of rotatable bonds is 7. The summed E-state index contributed by atoms with van der Waals surface area (Å²) in [5.74, 6) is -0.188. The van der Waals surface area contributed by atoms with Crippen LogP contribution in [0.25, 0.3) is 33.2 Å². The number of amides is 1. The number of carbonyl (C=O) groups excluding carboxylic acids is 1. The third-order valence-electron chi connectivity index (χ3n) is 6.17. The standard InChI is InChI=1S/C30H28N4O.ClHO4/c1-3-11-23-19-22(21-13-6-5-7-14-21)20-24(12-4-2)34(23)33-30(35)25-15-10-18-28-29(25)32-27-17-9-8-16-26(27)31-28;2-1(3,4)5/h5-10,13-20H,3-4,11-12H2,1-2H3;(H,2,3,4,5). The van der Waals surface area contributed by atoms with Crippen molar-refractivity contribution in [3.63, 3.8) is 0 Å². The van der Waals surface area contributed by atoms with E-state index >= 15 is 0 Å². The SMILES string of the molecule is CCCc1cc(-c2ccccc2)cc(CCC)[n+]1NC(=O)c1cccc2nc3ccccc3nc12.[O-][Cl+3]([O-])([O-])[O-]. The molecule has 206 valence electrons. The quantitative estimate of drug-likeness (QED) is 0.232. The van der Waals surface area contributed by atoms with Gasteiger partial charge in [-0.2, -0.15) is 0 Å². The zero-order valence-electron chi connectivity index (χ0n) is 22.2. The molecule has 1 N–H and O–H groups in total. The van der Waals surface area contributed by atoms with Gasteiger partial charge in [0, 0.05) is 25.0 Å². The lowest BCUT2D eigenvalue weighted by Crippen LogP contribution is -2.68. The maximum atomic E-state index is 13.6. The van der Waals surface area contributed by atoms with Gasteiger partial charge in [-0.1, -0.05) is 67.1 Å². The molecule has 0 bridgehead atoms. The zero-order valence-corrected chi connectivity index (χ0v) is 22.9. The highest BCUT2D eigenvalue weighted by Gasteiger charge is 2.24. The summed E-state index contributed by atoms with van der Waals surface area (Å²) in [6.45, 7) is 4.32. The maximum absolute atomic E-state index is 13.6. The molecule has 0 saturated heterocycles. The minimum atomic E-state index is -4.94. The molecule has 0 saturated carbocycles. The largest absolute Gasteiger partial charge is 0.307 e. The fourth-order valence-electron chi connectivity index (χ4n) is 4.52. The van der Waals surface area contributed by atoms with Crippen LogP contribution in [0.5, 0.6) is 0 Å². The zero-order chi connectivity index (χ0) is 28.7. The van der Waals surface area contributed by atoms with Gasteiger partial charge in [-0.15, -0.1) is 15.7 Å². The van der Waals surface area contributed by atoms with Crippen LogP contribution in [0.15, 0.2) is 84.9 Å². The van der Waals surface area contributed by atoms with Crippen LogP contribution < -0.4 is 28.7 Å². The van der Waals surface area contributed by atoms with Gasteiger partial charge in [0.2, 0.25) is 11.4 Å². The highest BCUT2D eigenvalue weighted by atomic mass is 35.7. The Morgan fingerprint density at radius 2 is 1.25 bits per heavy atom. The van der Waals surface area contributed by atoms with Crippen molar-refractivity contribution < 1.29 is 38.3 Å². The van der Waals surface area contributed by atoms with E-state index in [1.165, 1.54) is 11.1 Å². The number of aromatic nitrogens is 3. The van der Waals surface area contributed by atoms with Crippen LogP contribution in [-0.4, -0.2) is 15.9 Å². The molecule has 0 spiro atoms. The van der Waals surface area contributed by atoms with E-state index < -0.39 is 10.2 Å². The van der Waals surface area contributed by atoms with E-state index in [2.05, 4.69) is 55.7 Å². The molecular formula is C30H29ClN4O5. The Balaban J connectivity index is 0.000000681. The molecule has 40 heavy (non-hydrogen) atoms. The van der Waals surface area contributed by atoms with Crippen LogP contribution in [0.4, 0.5) is 0 Å². The molecule has 0 radical (unpaired) electrons. The number of halogens is 1. The summed E-state index contributed by atoms with van der Waals surface area (Å²) in [6, 6.07) is 28.1. The van der Waals surface area contributed by atoms with Crippen molar-refractivity contribution in [1.82, 2.24) is 9.97 Å². The van der Waals surface area contributed by atoms with Crippen molar-refractivity contribution in [2.45, 2.75) is 39.5 Å². The molecule has 2 heterocycles. The summed E-state index contributed by atoms with van der Waals surface area (Å²) in [5.41, 5.74) is 11.1. The summed E-state index contributed by atoms with van der Waals surface area (Å²) in [7, 11) is -4.94. The third kappa shape index (κ3) is 7.35. The predicted octanol–water partition coefficient (Wildman–Crippen LogP) is 1.27. The average molecular weight is 561 g/mol. The van der Waals surface area contributed by atoms with Crippen molar-refractivity contribution in [3.8, 4) is 11.1 Å². The van der Waals surface area contributed by atoms with Gasteiger partial charge in [-0.25, -0.2) is 28.6 Å². The van der Waals surface area contributed by atoms with Gasteiger partial charge in [0.15, 0.2) is 0 Å². The number of carbonyl (C=O) groups is 1. The number of hydrogen-bond donors (Lipinski definition) is 1. The number of aryl methyl sites for hydroxylation is 2. The van der Waals surface area contributed by atoms with E-state index in [0.717, 1.165) is 48.1 Å². The normalized spacial score (nSPS) is 11.2. The van der Waals surface area contributed by atoms with Crippen LogP contribution in [0.1, 0.15) is 48.4 Å². The second-order valence-corrected chi connectivity index (χ2v) is 9.89. The fraction of sp³-hybridized carbons (Fsp3) is 0.200. The Morgan fingerprint density at radius 1 is 0.725 bits per heavy atom. The van der Waals surface area contributed by atoms with Gasteiger partial charge in [0.25, 0.3) is 0 Å². The summed E-state index contributed by atoms with van der Waals surface area (Å²) in [6.07, 6.45) is 3.67. The third-order valence-corrected chi connectivity index (χ3v) is 6.17. The second kappa shape index (κ2) is 12.9. The van der Waals surface area contributed by atoms with Crippen molar-refractivity contribution in [2.75, 3.05) is 5.43 Å². The predicted molar refractivity (Wildman–Crippen MR) is 141 cm³/mol. The van der Waals surface area contributed by atoms with E-state index in [1.807, 2.05) is 53.2 Å². The van der Waals surface area contributed by atoms with Gasteiger partial charge in [-0.3, -0.25) is 4.79 Å². The molecule has 1 amide bonds. The van der Waals surface area contributed by atoms with Crippen LogP contribution >= 0.6 is 0 Å². The van der Waals surface area contributed by atoms with Crippen LogP contribution in [0, 0.1) is 10.2 Å². The number of fused-ring (bicyclic) bond motifs is 2. The lowest BCUT2D eigenvalue weighted by Gasteiger charge is -2.17. The molecule has 0 unspecified atom stereocenters. The van der Waals surface area contributed by atoms with Gasteiger partial charge >= 0.3 is 5.91 Å². The van der Waals surface area contributed by atoms with Gasteiger partial charge in [0.1, 0.15) is 5.52 Å². The minimum Gasteiger partial charge on any atom is -0.263 e. The Morgan fingerprint density at radius 3 is 1.82 bits per heavy atom. The molecule has 5 aromatic rings. The van der Waals surface area contributed by atoms with Gasteiger partial charge in [-0.05, 0) is 48.2 Å². The van der Waals surface area contributed by atoms with Crippen molar-refractivity contribution >= 4 is 28.0 Å². The first-order chi connectivity index (χ1) is 19.2. The first-order valence-corrected chi connectivity index (χ1v) is 14.1. The van der Waals surface area contributed by atoms with E-state index in [0.29, 0.717) is 16.6 Å². The second-order valence-electron chi connectivity index (χ2n) is 9.13. The first-order valence-electron chi connectivity index (χ1n) is 12.9.